The van der Waals surface area contributed by atoms with Gasteiger partial charge in [0.05, 0.1) is 0 Å². The fraction of sp³-hybridized carbons (Fsp3) is 0.250. The molecule has 54 valence electrons. The van der Waals surface area contributed by atoms with Crippen LogP contribution >= 0.6 is 0 Å². The Morgan fingerprint density at radius 2 is 2.50 bits per heavy atom. The number of hydrogen-bond donors (Lipinski definition) is 1. The fourth-order valence-corrected chi connectivity index (χ4v) is 0.752. The van der Waals surface area contributed by atoms with Crippen LogP contribution in [-0.4, -0.2) is 7.05 Å². The van der Waals surface area contributed by atoms with Crippen molar-refractivity contribution in [2.75, 3.05) is 7.05 Å². The normalized spacial score (nSPS) is 19.9. The van der Waals surface area contributed by atoms with Gasteiger partial charge in [0.25, 0.3) is 0 Å². The molecule has 0 heterocycles. The van der Waals surface area contributed by atoms with Crippen molar-refractivity contribution in [1.82, 2.24) is 5.48 Å². The van der Waals surface area contributed by atoms with E-state index in [2.05, 4.69) is 11.6 Å². The zero-order valence-electron chi connectivity index (χ0n) is 6.00. The number of allylic oxidation sites excluding steroid dienone is 5. The molecule has 0 saturated heterocycles. The van der Waals surface area contributed by atoms with Gasteiger partial charge in [-0.2, -0.15) is 5.48 Å². The molecular formula is C8H11NO. The molecule has 1 aliphatic carbocycles. The molecular weight excluding hydrogens is 126 g/mol. The molecule has 0 radical (unpaired) electrons. The Bertz CT molecular complexity index is 180. The summed E-state index contributed by atoms with van der Waals surface area (Å²) in [5.41, 5.74) is 3.76. The van der Waals surface area contributed by atoms with Crippen LogP contribution in [0.15, 0.2) is 36.1 Å². The van der Waals surface area contributed by atoms with E-state index in [0.717, 1.165) is 6.42 Å². The van der Waals surface area contributed by atoms with Crippen molar-refractivity contribution < 1.29 is 4.84 Å². The van der Waals surface area contributed by atoms with Gasteiger partial charge in [0, 0.05) is 7.05 Å². The highest BCUT2D eigenvalue weighted by Crippen LogP contribution is 2.08. The van der Waals surface area contributed by atoms with E-state index in [4.69, 9.17) is 4.84 Å². The van der Waals surface area contributed by atoms with Crippen LogP contribution in [0.25, 0.3) is 0 Å². The smallest absolute Gasteiger partial charge is 0.114 e. The maximum absolute atomic E-state index is 4.88. The standard InChI is InChI=1S/C8H11NO/c1-9-10-7-8-5-3-2-4-6-8/h2-5,7,9H,6H2,1H3/b8-7-. The molecule has 0 saturated carbocycles. The lowest BCUT2D eigenvalue weighted by molar-refractivity contribution is 0.156. The number of hydroxylamine groups is 1. The first-order valence-electron chi connectivity index (χ1n) is 3.28. The van der Waals surface area contributed by atoms with E-state index in [1.165, 1.54) is 5.57 Å². The molecule has 0 unspecified atom stereocenters. The maximum atomic E-state index is 4.88. The number of hydrogen-bond acceptors (Lipinski definition) is 2. The van der Waals surface area contributed by atoms with Crippen molar-refractivity contribution in [2.45, 2.75) is 6.42 Å². The first-order valence-corrected chi connectivity index (χ1v) is 3.28. The molecule has 1 aliphatic rings. The largest absolute Gasteiger partial charge is 0.417 e. The average Bonchev–Trinajstić information content (AvgIpc) is 2.03. The molecule has 0 aromatic rings. The Morgan fingerprint density at radius 3 is 3.10 bits per heavy atom. The summed E-state index contributed by atoms with van der Waals surface area (Å²) in [4.78, 5) is 4.88. The van der Waals surface area contributed by atoms with E-state index in [-0.39, 0.29) is 0 Å². The van der Waals surface area contributed by atoms with Crippen LogP contribution in [-0.2, 0) is 4.84 Å². The molecule has 0 bridgehead atoms. The predicted molar refractivity (Wildman–Crippen MR) is 41.1 cm³/mol. The average molecular weight is 137 g/mol. The van der Waals surface area contributed by atoms with Crippen LogP contribution < -0.4 is 5.48 Å². The van der Waals surface area contributed by atoms with Gasteiger partial charge < -0.3 is 4.84 Å². The fourth-order valence-electron chi connectivity index (χ4n) is 0.752. The van der Waals surface area contributed by atoms with Gasteiger partial charge in [0.1, 0.15) is 6.26 Å². The minimum absolute atomic E-state index is 0.957. The van der Waals surface area contributed by atoms with Crippen molar-refractivity contribution in [1.29, 1.82) is 0 Å². The Kier molecular flexibility index (Phi) is 2.77. The van der Waals surface area contributed by atoms with E-state index >= 15 is 0 Å². The second-order valence-corrected chi connectivity index (χ2v) is 2.01. The minimum atomic E-state index is 0.957. The van der Waals surface area contributed by atoms with Gasteiger partial charge >= 0.3 is 0 Å². The summed E-state index contributed by atoms with van der Waals surface area (Å²) in [5, 5.41) is 0. The van der Waals surface area contributed by atoms with Crippen LogP contribution in [0.5, 0.6) is 0 Å². The Hall–Kier alpha value is -1.02. The van der Waals surface area contributed by atoms with Gasteiger partial charge in [0.2, 0.25) is 0 Å². The summed E-state index contributed by atoms with van der Waals surface area (Å²) in [6.07, 6.45) is 10.8. The van der Waals surface area contributed by atoms with E-state index in [1.54, 1.807) is 13.3 Å². The lowest BCUT2D eigenvalue weighted by Gasteiger charge is -2.01. The summed E-state index contributed by atoms with van der Waals surface area (Å²) in [6.45, 7) is 0. The minimum Gasteiger partial charge on any atom is -0.417 e. The Morgan fingerprint density at radius 1 is 1.60 bits per heavy atom. The molecule has 10 heavy (non-hydrogen) atoms. The number of rotatable bonds is 2. The Labute approximate surface area is 60.8 Å². The molecule has 2 heteroatoms. The zero-order valence-corrected chi connectivity index (χ0v) is 6.00. The van der Waals surface area contributed by atoms with Crippen molar-refractivity contribution in [3.05, 3.63) is 36.1 Å². The summed E-state index contributed by atoms with van der Waals surface area (Å²) in [7, 11) is 1.74. The van der Waals surface area contributed by atoms with E-state index in [1.807, 2.05) is 18.2 Å². The molecule has 0 fully saturated rings. The lowest BCUT2D eigenvalue weighted by Crippen LogP contribution is -2.01. The van der Waals surface area contributed by atoms with Crippen molar-refractivity contribution in [2.24, 2.45) is 0 Å². The summed E-state index contributed by atoms with van der Waals surface area (Å²) in [5.74, 6) is 0. The lowest BCUT2D eigenvalue weighted by atomic mass is 10.1. The van der Waals surface area contributed by atoms with E-state index in [9.17, 15) is 0 Å². The molecule has 0 aliphatic heterocycles. The predicted octanol–water partition coefficient (Wildman–Crippen LogP) is 1.54. The van der Waals surface area contributed by atoms with Gasteiger partial charge in [-0.3, -0.25) is 0 Å². The van der Waals surface area contributed by atoms with Crippen LogP contribution in [0.2, 0.25) is 0 Å². The summed E-state index contributed by atoms with van der Waals surface area (Å²) >= 11 is 0. The topological polar surface area (TPSA) is 21.3 Å². The third-order valence-corrected chi connectivity index (χ3v) is 1.24. The SMILES string of the molecule is CNO/C=C1/C=CC=CC1. The highest BCUT2D eigenvalue weighted by Gasteiger charge is 1.91. The highest BCUT2D eigenvalue weighted by atomic mass is 16.6. The third kappa shape index (κ3) is 2.07. The molecule has 1 rings (SSSR count). The van der Waals surface area contributed by atoms with Gasteiger partial charge in [-0.1, -0.05) is 24.3 Å². The molecule has 0 spiro atoms. The summed E-state index contributed by atoms with van der Waals surface area (Å²) in [6, 6.07) is 0. The second kappa shape index (κ2) is 3.90. The van der Waals surface area contributed by atoms with Gasteiger partial charge in [-0.25, -0.2) is 0 Å². The monoisotopic (exact) mass is 137 g/mol. The Balaban J connectivity index is 2.42. The summed E-state index contributed by atoms with van der Waals surface area (Å²) < 4.78 is 0. The van der Waals surface area contributed by atoms with E-state index < -0.39 is 0 Å². The first kappa shape index (κ1) is 7.09. The van der Waals surface area contributed by atoms with Crippen LogP contribution in [0.1, 0.15) is 6.42 Å². The van der Waals surface area contributed by atoms with Gasteiger partial charge in [-0.05, 0) is 12.0 Å². The van der Waals surface area contributed by atoms with Crippen molar-refractivity contribution in [3.63, 3.8) is 0 Å². The molecule has 2 nitrogen and oxygen atoms in total. The van der Waals surface area contributed by atoms with Gasteiger partial charge in [0.15, 0.2) is 0 Å². The molecule has 0 atom stereocenters. The van der Waals surface area contributed by atoms with E-state index in [0.29, 0.717) is 0 Å². The molecule has 1 N–H and O–H groups in total. The highest BCUT2D eigenvalue weighted by molar-refractivity contribution is 5.27. The van der Waals surface area contributed by atoms with Gasteiger partial charge in [-0.15, -0.1) is 0 Å². The third-order valence-electron chi connectivity index (χ3n) is 1.24. The first-order chi connectivity index (χ1) is 4.93. The zero-order chi connectivity index (χ0) is 7.23. The van der Waals surface area contributed by atoms with Crippen LogP contribution in [0, 0.1) is 0 Å². The van der Waals surface area contributed by atoms with Crippen LogP contribution in [0.4, 0.5) is 0 Å². The number of nitrogens with one attached hydrogen (secondary N) is 1. The molecule has 0 amide bonds. The van der Waals surface area contributed by atoms with Crippen molar-refractivity contribution in [3.8, 4) is 0 Å². The maximum Gasteiger partial charge on any atom is 0.114 e. The van der Waals surface area contributed by atoms with Crippen LogP contribution in [0.3, 0.4) is 0 Å². The second-order valence-electron chi connectivity index (χ2n) is 2.01. The molecule has 0 aromatic carbocycles. The molecule has 0 aromatic heterocycles. The quantitative estimate of drug-likeness (QED) is 0.460. The van der Waals surface area contributed by atoms with Crippen molar-refractivity contribution >= 4 is 0 Å².